The lowest BCUT2D eigenvalue weighted by Crippen LogP contribution is -2.26. The predicted molar refractivity (Wildman–Crippen MR) is 77.7 cm³/mol. The van der Waals surface area contributed by atoms with E-state index in [2.05, 4.69) is 26.1 Å². The van der Waals surface area contributed by atoms with Crippen molar-refractivity contribution < 1.29 is 9.53 Å². The maximum Gasteiger partial charge on any atom is 0.251 e. The van der Waals surface area contributed by atoms with Crippen molar-refractivity contribution in [2.45, 2.75) is 32.6 Å². The standard InChI is InChI=1S/C15H24N2O2/c1-15(2,3)12-10-11(6-7-13(12)19-4)14(18)17-9-5-8-16/h6-7,10H,5,8-9,16H2,1-4H3,(H,17,18). The van der Waals surface area contributed by atoms with E-state index in [1.807, 2.05) is 12.1 Å². The van der Waals surface area contributed by atoms with Gasteiger partial charge < -0.3 is 15.8 Å². The van der Waals surface area contributed by atoms with Crippen molar-refractivity contribution in [3.63, 3.8) is 0 Å². The Labute approximate surface area is 115 Å². The molecule has 1 rings (SSSR count). The van der Waals surface area contributed by atoms with Crippen LogP contribution >= 0.6 is 0 Å². The molecule has 0 aliphatic rings. The van der Waals surface area contributed by atoms with Crippen molar-refractivity contribution in [3.05, 3.63) is 29.3 Å². The van der Waals surface area contributed by atoms with Gasteiger partial charge in [-0.05, 0) is 36.6 Å². The molecule has 0 spiro atoms. The van der Waals surface area contributed by atoms with Gasteiger partial charge in [0.25, 0.3) is 5.91 Å². The molecule has 0 aliphatic heterocycles. The molecule has 0 heterocycles. The van der Waals surface area contributed by atoms with Crippen molar-refractivity contribution in [3.8, 4) is 5.75 Å². The van der Waals surface area contributed by atoms with Crippen molar-refractivity contribution in [2.24, 2.45) is 5.73 Å². The van der Waals surface area contributed by atoms with Gasteiger partial charge in [-0.2, -0.15) is 0 Å². The molecular formula is C15H24N2O2. The van der Waals surface area contributed by atoms with Gasteiger partial charge in [0.05, 0.1) is 7.11 Å². The topological polar surface area (TPSA) is 64.3 Å². The SMILES string of the molecule is COc1ccc(C(=O)NCCCN)cc1C(C)(C)C. The van der Waals surface area contributed by atoms with E-state index in [0.717, 1.165) is 17.7 Å². The van der Waals surface area contributed by atoms with Crippen LogP contribution in [0.2, 0.25) is 0 Å². The lowest BCUT2D eigenvalue weighted by molar-refractivity contribution is 0.0953. The summed E-state index contributed by atoms with van der Waals surface area (Å²) in [4.78, 5) is 12.0. The third-order valence-corrected chi connectivity index (χ3v) is 2.94. The third-order valence-electron chi connectivity index (χ3n) is 2.94. The van der Waals surface area contributed by atoms with Crippen LogP contribution in [-0.2, 0) is 5.41 Å². The summed E-state index contributed by atoms with van der Waals surface area (Å²) in [5, 5.41) is 2.86. The zero-order valence-corrected chi connectivity index (χ0v) is 12.2. The summed E-state index contributed by atoms with van der Waals surface area (Å²) in [6, 6.07) is 5.53. The summed E-state index contributed by atoms with van der Waals surface area (Å²) >= 11 is 0. The van der Waals surface area contributed by atoms with E-state index in [-0.39, 0.29) is 11.3 Å². The Balaban J connectivity index is 2.95. The van der Waals surface area contributed by atoms with Gasteiger partial charge in [0.1, 0.15) is 5.75 Å². The molecule has 0 aromatic heterocycles. The summed E-state index contributed by atoms with van der Waals surface area (Å²) in [6.45, 7) is 7.48. The molecule has 106 valence electrons. The highest BCUT2D eigenvalue weighted by atomic mass is 16.5. The second kappa shape index (κ2) is 6.57. The molecule has 0 bridgehead atoms. The van der Waals surface area contributed by atoms with Gasteiger partial charge >= 0.3 is 0 Å². The monoisotopic (exact) mass is 264 g/mol. The Kier molecular flexibility index (Phi) is 5.36. The first-order chi connectivity index (χ1) is 8.90. The van der Waals surface area contributed by atoms with Gasteiger partial charge in [0.15, 0.2) is 0 Å². The van der Waals surface area contributed by atoms with E-state index in [1.165, 1.54) is 0 Å². The highest BCUT2D eigenvalue weighted by Crippen LogP contribution is 2.31. The van der Waals surface area contributed by atoms with Crippen LogP contribution in [0.4, 0.5) is 0 Å². The predicted octanol–water partition coefficient (Wildman–Crippen LogP) is 2.07. The Hall–Kier alpha value is -1.55. The zero-order chi connectivity index (χ0) is 14.5. The van der Waals surface area contributed by atoms with Gasteiger partial charge in [0.2, 0.25) is 0 Å². The van der Waals surface area contributed by atoms with Crippen molar-refractivity contribution in [1.82, 2.24) is 5.32 Å². The minimum Gasteiger partial charge on any atom is -0.496 e. The second-order valence-corrected chi connectivity index (χ2v) is 5.56. The molecule has 0 fully saturated rings. The summed E-state index contributed by atoms with van der Waals surface area (Å²) in [5.74, 6) is 0.743. The van der Waals surface area contributed by atoms with Crippen LogP contribution in [-0.4, -0.2) is 26.1 Å². The molecule has 1 aromatic rings. The average Bonchev–Trinajstić information content (AvgIpc) is 2.37. The van der Waals surface area contributed by atoms with E-state index in [0.29, 0.717) is 18.7 Å². The quantitative estimate of drug-likeness (QED) is 0.800. The Bertz CT molecular complexity index is 436. The number of carbonyl (C=O) groups excluding carboxylic acids is 1. The van der Waals surface area contributed by atoms with Gasteiger partial charge in [-0.15, -0.1) is 0 Å². The number of amides is 1. The first-order valence-corrected chi connectivity index (χ1v) is 6.57. The number of methoxy groups -OCH3 is 1. The molecule has 0 radical (unpaired) electrons. The maximum atomic E-state index is 12.0. The molecule has 0 unspecified atom stereocenters. The number of benzene rings is 1. The molecule has 4 nitrogen and oxygen atoms in total. The molecule has 1 aromatic carbocycles. The van der Waals surface area contributed by atoms with E-state index >= 15 is 0 Å². The van der Waals surface area contributed by atoms with Crippen LogP contribution in [0.15, 0.2) is 18.2 Å². The van der Waals surface area contributed by atoms with E-state index in [1.54, 1.807) is 13.2 Å². The number of carbonyl (C=O) groups is 1. The normalized spacial score (nSPS) is 11.2. The highest BCUT2D eigenvalue weighted by molar-refractivity contribution is 5.94. The average molecular weight is 264 g/mol. The van der Waals surface area contributed by atoms with Crippen molar-refractivity contribution in [1.29, 1.82) is 0 Å². The second-order valence-electron chi connectivity index (χ2n) is 5.56. The van der Waals surface area contributed by atoms with Gasteiger partial charge in [-0.25, -0.2) is 0 Å². The Morgan fingerprint density at radius 1 is 1.37 bits per heavy atom. The van der Waals surface area contributed by atoms with Gasteiger partial charge in [-0.1, -0.05) is 20.8 Å². The summed E-state index contributed by atoms with van der Waals surface area (Å²) in [5.41, 5.74) is 7.02. The molecule has 0 saturated heterocycles. The van der Waals surface area contributed by atoms with Crippen molar-refractivity contribution in [2.75, 3.05) is 20.2 Å². The van der Waals surface area contributed by atoms with Crippen LogP contribution in [0.3, 0.4) is 0 Å². The smallest absolute Gasteiger partial charge is 0.251 e. The fraction of sp³-hybridized carbons (Fsp3) is 0.533. The molecule has 3 N–H and O–H groups in total. The first-order valence-electron chi connectivity index (χ1n) is 6.57. The lowest BCUT2D eigenvalue weighted by Gasteiger charge is -2.22. The van der Waals surface area contributed by atoms with Crippen LogP contribution in [0.1, 0.15) is 43.1 Å². The molecule has 0 aliphatic carbocycles. The van der Waals surface area contributed by atoms with E-state index < -0.39 is 0 Å². The molecular weight excluding hydrogens is 240 g/mol. The summed E-state index contributed by atoms with van der Waals surface area (Å²) in [7, 11) is 1.64. The number of nitrogens with two attached hydrogens (primary N) is 1. The number of nitrogens with one attached hydrogen (secondary N) is 1. The number of rotatable bonds is 5. The van der Waals surface area contributed by atoms with Gasteiger partial charge in [0, 0.05) is 17.7 Å². The molecule has 19 heavy (non-hydrogen) atoms. The fourth-order valence-electron chi connectivity index (χ4n) is 1.84. The van der Waals surface area contributed by atoms with Gasteiger partial charge in [-0.3, -0.25) is 4.79 Å². The Morgan fingerprint density at radius 3 is 2.58 bits per heavy atom. The van der Waals surface area contributed by atoms with Crippen LogP contribution in [0.25, 0.3) is 0 Å². The maximum absolute atomic E-state index is 12.0. The summed E-state index contributed by atoms with van der Waals surface area (Å²) in [6.07, 6.45) is 0.786. The van der Waals surface area contributed by atoms with E-state index in [4.69, 9.17) is 10.5 Å². The van der Waals surface area contributed by atoms with Crippen molar-refractivity contribution >= 4 is 5.91 Å². The highest BCUT2D eigenvalue weighted by Gasteiger charge is 2.20. The van der Waals surface area contributed by atoms with Crippen LogP contribution < -0.4 is 15.8 Å². The van der Waals surface area contributed by atoms with Crippen LogP contribution in [0, 0.1) is 0 Å². The minimum absolute atomic E-state index is 0.0680. The third kappa shape index (κ3) is 4.24. The molecule has 0 atom stereocenters. The first kappa shape index (κ1) is 15.5. The molecule has 0 saturated carbocycles. The number of hydrogen-bond acceptors (Lipinski definition) is 3. The Morgan fingerprint density at radius 2 is 2.05 bits per heavy atom. The number of ether oxygens (including phenoxy) is 1. The zero-order valence-electron chi connectivity index (χ0n) is 12.2. The molecule has 1 amide bonds. The van der Waals surface area contributed by atoms with E-state index in [9.17, 15) is 4.79 Å². The number of hydrogen-bond donors (Lipinski definition) is 2. The molecule has 4 heteroatoms. The fourth-order valence-corrected chi connectivity index (χ4v) is 1.84. The minimum atomic E-state index is -0.0705. The lowest BCUT2D eigenvalue weighted by atomic mass is 9.85. The largest absolute Gasteiger partial charge is 0.496 e. The van der Waals surface area contributed by atoms with Crippen LogP contribution in [0.5, 0.6) is 5.75 Å². The summed E-state index contributed by atoms with van der Waals surface area (Å²) < 4.78 is 5.36.